The third-order valence-electron chi connectivity index (χ3n) is 3.03. The van der Waals surface area contributed by atoms with Crippen LogP contribution in [0.3, 0.4) is 0 Å². The third kappa shape index (κ3) is 2.56. The topological polar surface area (TPSA) is 54.5 Å². The van der Waals surface area contributed by atoms with E-state index < -0.39 is 0 Å². The van der Waals surface area contributed by atoms with Crippen molar-refractivity contribution in [1.82, 2.24) is 4.98 Å². The van der Waals surface area contributed by atoms with E-state index in [2.05, 4.69) is 10.3 Å². The Kier molecular flexibility index (Phi) is 4.20. The monoisotopic (exact) mass is 271 g/mol. The van der Waals surface area contributed by atoms with Crippen LogP contribution in [-0.2, 0) is 0 Å². The van der Waals surface area contributed by atoms with Crippen LogP contribution in [0.15, 0.2) is 42.6 Å². The fraction of sp³-hybridized carbons (Fsp3) is 0.200. The lowest BCUT2D eigenvalue weighted by Gasteiger charge is -2.20. The summed E-state index contributed by atoms with van der Waals surface area (Å²) in [6, 6.07) is 10.9. The molecule has 0 spiro atoms. The van der Waals surface area contributed by atoms with Gasteiger partial charge in [0.2, 0.25) is 0 Å². The van der Waals surface area contributed by atoms with E-state index in [-0.39, 0.29) is 5.91 Å². The summed E-state index contributed by atoms with van der Waals surface area (Å²) in [4.78, 5) is 18.3. The van der Waals surface area contributed by atoms with Crippen LogP contribution in [-0.4, -0.2) is 32.1 Å². The molecule has 0 aliphatic carbocycles. The van der Waals surface area contributed by atoms with Crippen LogP contribution in [0, 0.1) is 0 Å². The Morgan fingerprint density at radius 2 is 2.00 bits per heavy atom. The molecule has 1 heterocycles. The van der Waals surface area contributed by atoms with Gasteiger partial charge in [-0.1, -0.05) is 12.1 Å². The molecule has 0 unspecified atom stereocenters. The average molecular weight is 271 g/mol. The molecule has 0 aliphatic heterocycles. The molecule has 0 atom stereocenters. The number of methoxy groups -OCH3 is 1. The Hall–Kier alpha value is -2.56. The minimum absolute atomic E-state index is 0.146. The van der Waals surface area contributed by atoms with Gasteiger partial charge in [0.1, 0.15) is 11.6 Å². The van der Waals surface area contributed by atoms with Gasteiger partial charge in [0, 0.05) is 20.3 Å². The highest BCUT2D eigenvalue weighted by atomic mass is 16.5. The molecule has 2 rings (SSSR count). The molecule has 0 aliphatic rings. The fourth-order valence-corrected chi connectivity index (χ4v) is 1.97. The van der Waals surface area contributed by atoms with Gasteiger partial charge in [-0.3, -0.25) is 4.79 Å². The highest BCUT2D eigenvalue weighted by Crippen LogP contribution is 2.28. The first-order chi connectivity index (χ1) is 9.69. The van der Waals surface area contributed by atoms with E-state index in [1.165, 1.54) is 0 Å². The number of aromatic nitrogens is 1. The Labute approximate surface area is 118 Å². The van der Waals surface area contributed by atoms with Crippen molar-refractivity contribution in [3.8, 4) is 5.75 Å². The lowest BCUT2D eigenvalue weighted by Crippen LogP contribution is -2.27. The van der Waals surface area contributed by atoms with Crippen LogP contribution in [0.1, 0.15) is 10.4 Å². The van der Waals surface area contributed by atoms with Gasteiger partial charge in [0.25, 0.3) is 5.91 Å². The van der Waals surface area contributed by atoms with Gasteiger partial charge in [0.15, 0.2) is 0 Å². The first-order valence-corrected chi connectivity index (χ1v) is 6.23. The molecule has 0 fully saturated rings. The van der Waals surface area contributed by atoms with Crippen molar-refractivity contribution in [1.29, 1.82) is 0 Å². The second-order valence-electron chi connectivity index (χ2n) is 4.19. The SMILES string of the molecule is CNc1ncccc1C(=O)N(C)c1ccccc1OC. The van der Waals surface area contributed by atoms with Crippen molar-refractivity contribution in [3.63, 3.8) is 0 Å². The molecular formula is C15H17N3O2. The second-order valence-corrected chi connectivity index (χ2v) is 4.19. The molecule has 5 nitrogen and oxygen atoms in total. The zero-order valence-corrected chi connectivity index (χ0v) is 11.8. The molecule has 104 valence electrons. The maximum atomic E-state index is 12.6. The number of pyridine rings is 1. The minimum Gasteiger partial charge on any atom is -0.495 e. The standard InChI is InChI=1S/C15H17N3O2/c1-16-14-11(7-6-10-17-14)15(19)18(2)12-8-4-5-9-13(12)20-3/h4-10H,1-3H3,(H,16,17). The van der Waals surface area contributed by atoms with Crippen LogP contribution < -0.4 is 15.0 Å². The van der Waals surface area contributed by atoms with Gasteiger partial charge in [-0.2, -0.15) is 0 Å². The normalized spacial score (nSPS) is 9.95. The number of carbonyl (C=O) groups excluding carboxylic acids is 1. The van der Waals surface area contributed by atoms with Crippen LogP contribution in [0.2, 0.25) is 0 Å². The fourth-order valence-electron chi connectivity index (χ4n) is 1.97. The highest BCUT2D eigenvalue weighted by Gasteiger charge is 2.19. The molecule has 1 aromatic heterocycles. The Morgan fingerprint density at radius 3 is 2.70 bits per heavy atom. The molecule has 1 amide bonds. The van der Waals surface area contributed by atoms with E-state index in [9.17, 15) is 4.79 Å². The second kappa shape index (κ2) is 6.06. The summed E-state index contributed by atoms with van der Waals surface area (Å²) in [5.74, 6) is 1.06. The van der Waals surface area contributed by atoms with E-state index in [0.717, 1.165) is 0 Å². The number of hydrogen-bond acceptors (Lipinski definition) is 4. The van der Waals surface area contributed by atoms with Crippen molar-refractivity contribution in [2.75, 3.05) is 31.4 Å². The molecule has 2 aromatic rings. The van der Waals surface area contributed by atoms with Gasteiger partial charge in [-0.05, 0) is 24.3 Å². The summed E-state index contributed by atoms with van der Waals surface area (Å²) in [6.45, 7) is 0. The summed E-state index contributed by atoms with van der Waals surface area (Å²) >= 11 is 0. The lowest BCUT2D eigenvalue weighted by molar-refractivity contribution is 0.0993. The van der Waals surface area contributed by atoms with Gasteiger partial charge in [-0.15, -0.1) is 0 Å². The van der Waals surface area contributed by atoms with Crippen molar-refractivity contribution < 1.29 is 9.53 Å². The number of para-hydroxylation sites is 2. The van der Waals surface area contributed by atoms with E-state index in [1.807, 2.05) is 24.3 Å². The van der Waals surface area contributed by atoms with Crippen LogP contribution in [0.4, 0.5) is 11.5 Å². The largest absolute Gasteiger partial charge is 0.495 e. The number of ether oxygens (including phenoxy) is 1. The molecular weight excluding hydrogens is 254 g/mol. The van der Waals surface area contributed by atoms with Gasteiger partial charge in [0.05, 0.1) is 18.4 Å². The molecule has 0 radical (unpaired) electrons. The summed E-state index contributed by atoms with van der Waals surface area (Å²) in [5, 5.41) is 2.92. The first kappa shape index (κ1) is 13.9. The van der Waals surface area contributed by atoms with Crippen molar-refractivity contribution in [2.24, 2.45) is 0 Å². The van der Waals surface area contributed by atoms with Crippen molar-refractivity contribution >= 4 is 17.4 Å². The Bertz CT molecular complexity index is 614. The maximum absolute atomic E-state index is 12.6. The molecule has 0 saturated carbocycles. The maximum Gasteiger partial charge on any atom is 0.261 e. The summed E-state index contributed by atoms with van der Waals surface area (Å²) in [7, 11) is 5.04. The van der Waals surface area contributed by atoms with Gasteiger partial charge in [-0.25, -0.2) is 4.98 Å². The predicted octanol–water partition coefficient (Wildman–Crippen LogP) is 2.41. The van der Waals surface area contributed by atoms with Crippen LogP contribution in [0.5, 0.6) is 5.75 Å². The van der Waals surface area contributed by atoms with Crippen molar-refractivity contribution in [3.05, 3.63) is 48.2 Å². The van der Waals surface area contributed by atoms with E-state index in [0.29, 0.717) is 22.8 Å². The smallest absolute Gasteiger partial charge is 0.261 e. The number of hydrogen-bond donors (Lipinski definition) is 1. The van der Waals surface area contributed by atoms with E-state index in [1.54, 1.807) is 44.4 Å². The molecule has 0 bridgehead atoms. The zero-order valence-electron chi connectivity index (χ0n) is 11.8. The number of benzene rings is 1. The Morgan fingerprint density at radius 1 is 1.25 bits per heavy atom. The highest BCUT2D eigenvalue weighted by molar-refractivity contribution is 6.09. The quantitative estimate of drug-likeness (QED) is 0.927. The minimum atomic E-state index is -0.146. The number of amides is 1. The van der Waals surface area contributed by atoms with E-state index in [4.69, 9.17) is 4.74 Å². The Balaban J connectivity index is 2.38. The van der Waals surface area contributed by atoms with Crippen LogP contribution in [0.25, 0.3) is 0 Å². The number of carbonyl (C=O) groups is 1. The molecule has 1 N–H and O–H groups in total. The van der Waals surface area contributed by atoms with Gasteiger partial charge < -0.3 is 15.0 Å². The molecule has 20 heavy (non-hydrogen) atoms. The number of nitrogens with one attached hydrogen (secondary N) is 1. The van der Waals surface area contributed by atoms with Crippen molar-refractivity contribution in [2.45, 2.75) is 0 Å². The number of rotatable bonds is 4. The van der Waals surface area contributed by atoms with Gasteiger partial charge >= 0.3 is 0 Å². The summed E-state index contributed by atoms with van der Waals surface area (Å²) < 4.78 is 5.28. The summed E-state index contributed by atoms with van der Waals surface area (Å²) in [6.07, 6.45) is 1.64. The van der Waals surface area contributed by atoms with E-state index >= 15 is 0 Å². The zero-order chi connectivity index (χ0) is 14.5. The number of anilines is 2. The molecule has 1 aromatic carbocycles. The predicted molar refractivity (Wildman–Crippen MR) is 79.5 cm³/mol. The van der Waals surface area contributed by atoms with Crippen LogP contribution >= 0.6 is 0 Å². The number of nitrogens with zero attached hydrogens (tertiary/aromatic N) is 2. The molecule has 5 heteroatoms. The summed E-state index contributed by atoms with van der Waals surface area (Å²) in [5.41, 5.74) is 1.23. The third-order valence-corrected chi connectivity index (χ3v) is 3.03. The lowest BCUT2D eigenvalue weighted by atomic mass is 10.2. The average Bonchev–Trinajstić information content (AvgIpc) is 2.53. The first-order valence-electron chi connectivity index (χ1n) is 6.23. The molecule has 0 saturated heterocycles.